The standard InChI is InChI=1S/C16H30N4/c1-5-8-17-14-6-7-16(4,9-14)10-15-18-12-19-20(15)11-13(2)3/h12-14,17H,5-11H2,1-4H3. The fourth-order valence-corrected chi connectivity index (χ4v) is 3.31. The van der Waals surface area contributed by atoms with Gasteiger partial charge in [0.1, 0.15) is 12.2 Å². The maximum Gasteiger partial charge on any atom is 0.138 e. The molecule has 4 heteroatoms. The minimum atomic E-state index is 0.382. The van der Waals surface area contributed by atoms with E-state index in [1.807, 2.05) is 0 Å². The number of hydrogen-bond donors (Lipinski definition) is 1. The predicted octanol–water partition coefficient (Wildman–Crippen LogP) is 3.04. The lowest BCUT2D eigenvalue weighted by Crippen LogP contribution is -2.29. The first-order chi connectivity index (χ1) is 9.52. The van der Waals surface area contributed by atoms with Crippen molar-refractivity contribution in [1.82, 2.24) is 20.1 Å². The van der Waals surface area contributed by atoms with Crippen molar-refractivity contribution in [2.24, 2.45) is 11.3 Å². The summed E-state index contributed by atoms with van der Waals surface area (Å²) in [7, 11) is 0. The van der Waals surface area contributed by atoms with Crippen LogP contribution in [-0.2, 0) is 13.0 Å². The lowest BCUT2D eigenvalue weighted by atomic mass is 9.84. The van der Waals surface area contributed by atoms with Gasteiger partial charge in [0.2, 0.25) is 0 Å². The van der Waals surface area contributed by atoms with Crippen LogP contribution in [-0.4, -0.2) is 27.4 Å². The molecule has 0 aromatic carbocycles. The fraction of sp³-hybridized carbons (Fsp3) is 0.875. The molecule has 2 rings (SSSR count). The van der Waals surface area contributed by atoms with Crippen LogP contribution < -0.4 is 5.32 Å². The topological polar surface area (TPSA) is 42.7 Å². The molecular weight excluding hydrogens is 248 g/mol. The smallest absolute Gasteiger partial charge is 0.138 e. The van der Waals surface area contributed by atoms with Crippen LogP contribution >= 0.6 is 0 Å². The quantitative estimate of drug-likeness (QED) is 0.833. The summed E-state index contributed by atoms with van der Waals surface area (Å²) in [4.78, 5) is 4.50. The molecule has 0 spiro atoms. The van der Waals surface area contributed by atoms with Gasteiger partial charge >= 0.3 is 0 Å². The van der Waals surface area contributed by atoms with E-state index in [9.17, 15) is 0 Å². The second-order valence-electron chi connectivity index (χ2n) is 7.13. The molecule has 0 aliphatic heterocycles. The largest absolute Gasteiger partial charge is 0.314 e. The molecule has 0 bridgehead atoms. The Morgan fingerprint density at radius 3 is 3.00 bits per heavy atom. The molecule has 4 nitrogen and oxygen atoms in total. The second-order valence-corrected chi connectivity index (χ2v) is 7.13. The van der Waals surface area contributed by atoms with Crippen LogP contribution in [0.3, 0.4) is 0 Å². The Hall–Kier alpha value is -0.900. The number of aromatic nitrogens is 3. The summed E-state index contributed by atoms with van der Waals surface area (Å²) >= 11 is 0. The van der Waals surface area contributed by atoms with Crippen molar-refractivity contribution in [3.63, 3.8) is 0 Å². The van der Waals surface area contributed by atoms with Crippen molar-refractivity contribution in [2.75, 3.05) is 6.54 Å². The van der Waals surface area contributed by atoms with Crippen molar-refractivity contribution < 1.29 is 0 Å². The second kappa shape index (κ2) is 6.70. The highest BCUT2D eigenvalue weighted by Gasteiger charge is 2.36. The average molecular weight is 278 g/mol. The molecule has 0 saturated heterocycles. The third kappa shape index (κ3) is 4.05. The Morgan fingerprint density at radius 1 is 1.50 bits per heavy atom. The third-order valence-electron chi connectivity index (χ3n) is 4.34. The molecule has 20 heavy (non-hydrogen) atoms. The zero-order valence-corrected chi connectivity index (χ0v) is 13.5. The third-order valence-corrected chi connectivity index (χ3v) is 4.34. The molecule has 0 amide bonds. The Morgan fingerprint density at radius 2 is 2.30 bits per heavy atom. The van der Waals surface area contributed by atoms with Crippen LogP contribution in [0, 0.1) is 11.3 Å². The lowest BCUT2D eigenvalue weighted by molar-refractivity contribution is 0.304. The van der Waals surface area contributed by atoms with E-state index in [2.05, 4.69) is 47.8 Å². The van der Waals surface area contributed by atoms with Gasteiger partial charge < -0.3 is 5.32 Å². The normalized spacial score (nSPS) is 26.6. The summed E-state index contributed by atoms with van der Waals surface area (Å²) in [5, 5.41) is 8.06. The van der Waals surface area contributed by atoms with Gasteiger partial charge in [-0.3, -0.25) is 0 Å². The number of hydrogen-bond acceptors (Lipinski definition) is 3. The van der Waals surface area contributed by atoms with Gasteiger partial charge in [0.05, 0.1) is 0 Å². The highest BCUT2D eigenvalue weighted by atomic mass is 15.3. The molecule has 1 fully saturated rings. The molecule has 1 aromatic heterocycles. The zero-order chi connectivity index (χ0) is 14.6. The van der Waals surface area contributed by atoms with E-state index in [-0.39, 0.29) is 0 Å². The van der Waals surface area contributed by atoms with Crippen molar-refractivity contribution >= 4 is 0 Å². The van der Waals surface area contributed by atoms with E-state index in [1.165, 1.54) is 25.7 Å². The molecule has 2 atom stereocenters. The van der Waals surface area contributed by atoms with Crippen molar-refractivity contribution in [1.29, 1.82) is 0 Å². The summed E-state index contributed by atoms with van der Waals surface area (Å²) in [6.45, 7) is 11.2. The van der Waals surface area contributed by atoms with Gasteiger partial charge in [0.15, 0.2) is 0 Å². The molecule has 1 heterocycles. The first kappa shape index (κ1) is 15.5. The van der Waals surface area contributed by atoms with Crippen LogP contribution in [0.2, 0.25) is 0 Å². The van der Waals surface area contributed by atoms with Crippen LogP contribution in [0.15, 0.2) is 6.33 Å². The van der Waals surface area contributed by atoms with Gasteiger partial charge in [-0.25, -0.2) is 9.67 Å². The van der Waals surface area contributed by atoms with Gasteiger partial charge in [0, 0.05) is 19.0 Å². The van der Waals surface area contributed by atoms with Crippen LogP contribution in [0.25, 0.3) is 0 Å². The van der Waals surface area contributed by atoms with E-state index in [0.717, 1.165) is 25.3 Å². The molecule has 1 aliphatic carbocycles. The number of rotatable bonds is 7. The summed E-state index contributed by atoms with van der Waals surface area (Å²) in [5.74, 6) is 1.78. The Kier molecular flexibility index (Phi) is 5.19. The van der Waals surface area contributed by atoms with Gasteiger partial charge in [-0.2, -0.15) is 5.10 Å². The zero-order valence-electron chi connectivity index (χ0n) is 13.5. The first-order valence-corrected chi connectivity index (χ1v) is 8.12. The fourth-order valence-electron chi connectivity index (χ4n) is 3.31. The molecule has 1 saturated carbocycles. The molecule has 1 aromatic rings. The highest BCUT2D eigenvalue weighted by Crippen LogP contribution is 2.40. The minimum Gasteiger partial charge on any atom is -0.314 e. The average Bonchev–Trinajstić information content (AvgIpc) is 2.94. The van der Waals surface area contributed by atoms with Gasteiger partial charge in [-0.1, -0.05) is 27.7 Å². The summed E-state index contributed by atoms with van der Waals surface area (Å²) in [5.41, 5.74) is 0.382. The van der Waals surface area contributed by atoms with Gasteiger partial charge in [0.25, 0.3) is 0 Å². The van der Waals surface area contributed by atoms with E-state index in [1.54, 1.807) is 6.33 Å². The molecule has 114 valence electrons. The van der Waals surface area contributed by atoms with E-state index < -0.39 is 0 Å². The minimum absolute atomic E-state index is 0.382. The van der Waals surface area contributed by atoms with Crippen LogP contribution in [0.4, 0.5) is 0 Å². The number of nitrogens with zero attached hydrogens (tertiary/aromatic N) is 3. The maximum atomic E-state index is 4.50. The number of nitrogens with one attached hydrogen (secondary N) is 1. The predicted molar refractivity (Wildman–Crippen MR) is 82.6 cm³/mol. The van der Waals surface area contributed by atoms with E-state index in [0.29, 0.717) is 17.4 Å². The Bertz CT molecular complexity index is 412. The van der Waals surface area contributed by atoms with Crippen LogP contribution in [0.5, 0.6) is 0 Å². The Balaban J connectivity index is 1.94. The summed E-state index contributed by atoms with van der Waals surface area (Å²) < 4.78 is 2.10. The monoisotopic (exact) mass is 278 g/mol. The summed E-state index contributed by atoms with van der Waals surface area (Å²) in [6.07, 6.45) is 7.85. The Labute approximate surface area is 123 Å². The van der Waals surface area contributed by atoms with Crippen LogP contribution in [0.1, 0.15) is 59.2 Å². The van der Waals surface area contributed by atoms with Crippen molar-refractivity contribution in [3.8, 4) is 0 Å². The van der Waals surface area contributed by atoms with Crippen molar-refractivity contribution in [2.45, 2.75) is 72.4 Å². The van der Waals surface area contributed by atoms with Gasteiger partial charge in [-0.05, 0) is 43.6 Å². The molecular formula is C16H30N4. The lowest BCUT2D eigenvalue weighted by Gasteiger charge is -2.24. The molecule has 0 radical (unpaired) electrons. The van der Waals surface area contributed by atoms with Crippen molar-refractivity contribution in [3.05, 3.63) is 12.2 Å². The van der Waals surface area contributed by atoms with E-state index in [4.69, 9.17) is 0 Å². The van der Waals surface area contributed by atoms with E-state index >= 15 is 0 Å². The van der Waals surface area contributed by atoms with Gasteiger partial charge in [-0.15, -0.1) is 0 Å². The first-order valence-electron chi connectivity index (χ1n) is 8.12. The maximum absolute atomic E-state index is 4.50. The SMILES string of the molecule is CCCNC1CCC(C)(Cc2ncnn2CC(C)C)C1. The molecule has 1 N–H and O–H groups in total. The highest BCUT2D eigenvalue weighted by molar-refractivity contribution is 4.98. The summed E-state index contributed by atoms with van der Waals surface area (Å²) in [6, 6.07) is 0.696. The molecule has 2 unspecified atom stereocenters. The molecule has 1 aliphatic rings.